The molecule has 1 aliphatic rings. The Balaban J connectivity index is 1.56. The van der Waals surface area contributed by atoms with Crippen molar-refractivity contribution >= 4 is 5.82 Å². The number of hydrogen-bond acceptors (Lipinski definition) is 9. The van der Waals surface area contributed by atoms with Crippen LogP contribution in [0.3, 0.4) is 0 Å². The van der Waals surface area contributed by atoms with Crippen LogP contribution in [0.1, 0.15) is 23.0 Å². The fraction of sp³-hybridized carbons (Fsp3) is 0.368. The molecule has 0 aliphatic carbocycles. The van der Waals surface area contributed by atoms with Crippen LogP contribution in [0.15, 0.2) is 47.5 Å². The van der Waals surface area contributed by atoms with Crippen molar-refractivity contribution in [3.05, 3.63) is 70.0 Å². The Morgan fingerprint density at radius 2 is 1.90 bits per heavy atom. The first-order valence-corrected chi connectivity index (χ1v) is 9.39. The maximum absolute atomic E-state index is 12.3. The molecule has 11 nitrogen and oxygen atoms in total. The van der Waals surface area contributed by atoms with Crippen LogP contribution in [0.5, 0.6) is 0 Å². The lowest BCUT2D eigenvalue weighted by atomic mass is 10.1. The van der Waals surface area contributed by atoms with Gasteiger partial charge in [-0.15, -0.1) is 5.10 Å². The third kappa shape index (κ3) is 3.96. The molecule has 1 saturated heterocycles. The summed E-state index contributed by atoms with van der Waals surface area (Å²) in [6, 6.07) is 9.84. The quantitative estimate of drug-likeness (QED) is 0.383. The number of aromatic nitrogens is 5. The van der Waals surface area contributed by atoms with Crippen LogP contribution in [0.4, 0.5) is 5.82 Å². The summed E-state index contributed by atoms with van der Waals surface area (Å²) >= 11 is 0. The maximum Gasteiger partial charge on any atom is 0.351 e. The number of rotatable bonds is 6. The van der Waals surface area contributed by atoms with Crippen molar-refractivity contribution in [1.82, 2.24) is 24.5 Å². The van der Waals surface area contributed by atoms with E-state index in [-0.39, 0.29) is 12.4 Å². The lowest BCUT2D eigenvalue weighted by Gasteiger charge is -2.18. The molecular formula is C19H22N6O5. The molecule has 1 aliphatic heterocycles. The van der Waals surface area contributed by atoms with E-state index in [1.54, 1.807) is 10.9 Å². The number of aliphatic hydroxyl groups is 3. The van der Waals surface area contributed by atoms with E-state index in [0.717, 1.165) is 15.8 Å². The van der Waals surface area contributed by atoms with Gasteiger partial charge in [0.05, 0.1) is 18.8 Å². The second-order valence-corrected chi connectivity index (χ2v) is 7.14. The molecule has 2 unspecified atom stereocenters. The second-order valence-electron chi connectivity index (χ2n) is 7.14. The Hall–Kier alpha value is -3.12. The summed E-state index contributed by atoms with van der Waals surface area (Å²) in [7, 11) is 0. The van der Waals surface area contributed by atoms with Gasteiger partial charge in [-0.3, -0.25) is 4.57 Å². The number of nitrogen functional groups attached to an aromatic ring is 1. The molecule has 0 saturated carbocycles. The molecule has 2 aromatic heterocycles. The molecule has 11 heteroatoms. The summed E-state index contributed by atoms with van der Waals surface area (Å²) in [5.74, 6) is 0.0168. The average Bonchev–Trinajstić information content (AvgIpc) is 3.29. The highest BCUT2D eigenvalue weighted by molar-refractivity contribution is 5.37. The molecule has 5 N–H and O–H groups in total. The molecule has 3 aromatic rings. The van der Waals surface area contributed by atoms with Gasteiger partial charge in [-0.05, 0) is 5.56 Å². The molecule has 0 bridgehead atoms. The average molecular weight is 414 g/mol. The van der Waals surface area contributed by atoms with Gasteiger partial charge in [-0.1, -0.05) is 35.5 Å². The largest absolute Gasteiger partial charge is 0.394 e. The highest BCUT2D eigenvalue weighted by Crippen LogP contribution is 2.28. The number of benzene rings is 1. The summed E-state index contributed by atoms with van der Waals surface area (Å²) in [5.41, 5.74) is 7.49. The van der Waals surface area contributed by atoms with E-state index in [2.05, 4.69) is 15.3 Å². The van der Waals surface area contributed by atoms with E-state index in [0.29, 0.717) is 12.0 Å². The van der Waals surface area contributed by atoms with Crippen LogP contribution in [-0.2, 0) is 17.7 Å². The molecule has 0 spiro atoms. The van der Waals surface area contributed by atoms with Gasteiger partial charge >= 0.3 is 5.69 Å². The fourth-order valence-corrected chi connectivity index (χ4v) is 3.41. The van der Waals surface area contributed by atoms with E-state index in [4.69, 9.17) is 10.5 Å². The molecule has 0 radical (unpaired) electrons. The zero-order valence-electron chi connectivity index (χ0n) is 15.9. The van der Waals surface area contributed by atoms with Gasteiger partial charge in [0, 0.05) is 24.4 Å². The van der Waals surface area contributed by atoms with Gasteiger partial charge in [-0.25, -0.2) is 9.48 Å². The molecule has 158 valence electrons. The molecule has 3 heterocycles. The van der Waals surface area contributed by atoms with Gasteiger partial charge in [0.15, 0.2) is 6.23 Å². The standard InChI is InChI=1S/C19H22N6O5/c20-17-12(7-24-9-13(22-23-24)6-11-4-2-1-3-5-11)8-25(19(29)21-17)18-16(28)15(27)14(10-26)30-18/h1-5,8-9,14-16,18,26-28H,6-7,10H2,(H2,20,21,29)/t14-,15?,16?,18-/m1/s1. The number of ether oxygens (including phenoxy) is 1. The minimum Gasteiger partial charge on any atom is -0.394 e. The van der Waals surface area contributed by atoms with Crippen LogP contribution in [0, 0.1) is 0 Å². The minimum absolute atomic E-state index is 0.0168. The van der Waals surface area contributed by atoms with Gasteiger partial charge in [0.1, 0.15) is 24.1 Å². The summed E-state index contributed by atoms with van der Waals surface area (Å²) < 4.78 is 8.03. The van der Waals surface area contributed by atoms with Crippen LogP contribution in [0.25, 0.3) is 0 Å². The van der Waals surface area contributed by atoms with Crippen molar-refractivity contribution in [3.8, 4) is 0 Å². The van der Waals surface area contributed by atoms with Crippen LogP contribution < -0.4 is 11.4 Å². The Kier molecular flexibility index (Phi) is 5.59. The zero-order valence-corrected chi connectivity index (χ0v) is 15.9. The highest BCUT2D eigenvalue weighted by Gasteiger charge is 2.43. The summed E-state index contributed by atoms with van der Waals surface area (Å²) in [6.07, 6.45) is -1.13. The lowest BCUT2D eigenvalue weighted by molar-refractivity contribution is -0.0550. The van der Waals surface area contributed by atoms with E-state index < -0.39 is 36.8 Å². The van der Waals surface area contributed by atoms with E-state index in [1.165, 1.54) is 6.20 Å². The lowest BCUT2D eigenvalue weighted by Crippen LogP contribution is -2.36. The van der Waals surface area contributed by atoms with Crippen LogP contribution >= 0.6 is 0 Å². The zero-order chi connectivity index (χ0) is 21.3. The Morgan fingerprint density at radius 3 is 2.60 bits per heavy atom. The van der Waals surface area contributed by atoms with Crippen molar-refractivity contribution in [1.29, 1.82) is 0 Å². The SMILES string of the molecule is Nc1nc(=O)n([C@@H]2O[C@H](CO)C(O)C2O)cc1Cn1cc(Cc2ccccc2)nn1. The van der Waals surface area contributed by atoms with Gasteiger partial charge in [0.2, 0.25) is 0 Å². The number of nitrogens with zero attached hydrogens (tertiary/aromatic N) is 5. The number of anilines is 1. The summed E-state index contributed by atoms with van der Waals surface area (Å²) in [5, 5.41) is 37.6. The summed E-state index contributed by atoms with van der Waals surface area (Å²) in [4.78, 5) is 16.1. The van der Waals surface area contributed by atoms with Crippen molar-refractivity contribution in [3.63, 3.8) is 0 Å². The highest BCUT2D eigenvalue weighted by atomic mass is 16.6. The molecule has 0 amide bonds. The van der Waals surface area contributed by atoms with Crippen molar-refractivity contribution in [2.24, 2.45) is 0 Å². The number of aliphatic hydroxyl groups excluding tert-OH is 3. The third-order valence-corrected chi connectivity index (χ3v) is 5.00. The molecular weight excluding hydrogens is 392 g/mol. The fourth-order valence-electron chi connectivity index (χ4n) is 3.41. The van der Waals surface area contributed by atoms with E-state index >= 15 is 0 Å². The third-order valence-electron chi connectivity index (χ3n) is 5.00. The predicted molar refractivity (Wildman–Crippen MR) is 104 cm³/mol. The summed E-state index contributed by atoms with van der Waals surface area (Å²) in [6.45, 7) is -0.308. The van der Waals surface area contributed by atoms with Gasteiger partial charge < -0.3 is 25.8 Å². The topological polar surface area (TPSA) is 162 Å². The van der Waals surface area contributed by atoms with Gasteiger partial charge in [-0.2, -0.15) is 4.98 Å². The normalized spacial score (nSPS) is 23.7. The Bertz CT molecular complexity index is 1070. The Labute approximate surface area is 171 Å². The van der Waals surface area contributed by atoms with E-state index in [1.807, 2.05) is 30.3 Å². The molecule has 1 fully saturated rings. The van der Waals surface area contributed by atoms with Crippen LogP contribution in [0.2, 0.25) is 0 Å². The number of nitrogens with two attached hydrogens (primary N) is 1. The first-order chi connectivity index (χ1) is 14.5. The monoisotopic (exact) mass is 414 g/mol. The van der Waals surface area contributed by atoms with Crippen LogP contribution in [-0.4, -0.2) is 64.8 Å². The maximum atomic E-state index is 12.3. The first-order valence-electron chi connectivity index (χ1n) is 9.39. The Morgan fingerprint density at radius 1 is 1.13 bits per heavy atom. The van der Waals surface area contributed by atoms with E-state index in [9.17, 15) is 20.1 Å². The van der Waals surface area contributed by atoms with Crippen molar-refractivity contribution in [2.45, 2.75) is 37.5 Å². The molecule has 30 heavy (non-hydrogen) atoms. The minimum atomic E-state index is -1.40. The van der Waals surface area contributed by atoms with Gasteiger partial charge in [0.25, 0.3) is 0 Å². The smallest absolute Gasteiger partial charge is 0.351 e. The molecule has 1 aromatic carbocycles. The van der Waals surface area contributed by atoms with Crippen molar-refractivity contribution < 1.29 is 20.1 Å². The molecule has 4 atom stereocenters. The number of hydrogen-bond donors (Lipinski definition) is 4. The first kappa shape index (κ1) is 20.2. The second kappa shape index (κ2) is 8.32. The molecule has 4 rings (SSSR count). The van der Waals surface area contributed by atoms with Crippen molar-refractivity contribution in [2.75, 3.05) is 12.3 Å². The predicted octanol–water partition coefficient (Wildman–Crippen LogP) is -1.33.